The van der Waals surface area contributed by atoms with Crippen molar-refractivity contribution < 1.29 is 0 Å². The summed E-state index contributed by atoms with van der Waals surface area (Å²) in [6.45, 7) is 2.02. The zero-order valence-corrected chi connectivity index (χ0v) is 9.69. The molecular formula is C10H9BrN4. The smallest absolute Gasteiger partial charge is 0.223 e. The second-order valence-corrected chi connectivity index (χ2v) is 4.00. The molecule has 0 aliphatic heterocycles. The fourth-order valence-corrected chi connectivity index (χ4v) is 1.91. The van der Waals surface area contributed by atoms with Gasteiger partial charge in [0.25, 0.3) is 0 Å². The van der Waals surface area contributed by atoms with Crippen molar-refractivity contribution in [2.45, 2.75) is 6.92 Å². The van der Waals surface area contributed by atoms with Gasteiger partial charge in [-0.1, -0.05) is 22.0 Å². The molecule has 1 heterocycles. The molecule has 0 spiro atoms. The van der Waals surface area contributed by atoms with Crippen LogP contribution in [0, 0.1) is 6.92 Å². The van der Waals surface area contributed by atoms with Crippen molar-refractivity contribution in [2.24, 2.45) is 0 Å². The number of aromatic nitrogens is 3. The number of rotatable bonds is 1. The van der Waals surface area contributed by atoms with E-state index in [-0.39, 0.29) is 5.95 Å². The van der Waals surface area contributed by atoms with E-state index in [1.807, 2.05) is 25.1 Å². The summed E-state index contributed by atoms with van der Waals surface area (Å²) in [5.41, 5.74) is 7.58. The summed E-state index contributed by atoms with van der Waals surface area (Å²) in [6, 6.07) is 5.96. The summed E-state index contributed by atoms with van der Waals surface area (Å²) >= 11 is 3.47. The molecule has 0 bridgehead atoms. The van der Waals surface area contributed by atoms with Crippen molar-refractivity contribution in [3.63, 3.8) is 0 Å². The van der Waals surface area contributed by atoms with Crippen molar-refractivity contribution >= 4 is 21.9 Å². The third-order valence-corrected chi connectivity index (χ3v) is 2.61. The van der Waals surface area contributed by atoms with Gasteiger partial charge in [-0.3, -0.25) is 0 Å². The van der Waals surface area contributed by atoms with Gasteiger partial charge >= 0.3 is 0 Å². The number of nitrogens with zero attached hydrogens (tertiary/aromatic N) is 3. The third kappa shape index (κ3) is 2.12. The van der Waals surface area contributed by atoms with Gasteiger partial charge in [-0.15, -0.1) is 0 Å². The van der Waals surface area contributed by atoms with E-state index >= 15 is 0 Å². The summed E-state index contributed by atoms with van der Waals surface area (Å²) in [6.07, 6.45) is 1.41. The summed E-state index contributed by atoms with van der Waals surface area (Å²) in [7, 11) is 0. The Morgan fingerprint density at radius 3 is 2.73 bits per heavy atom. The lowest BCUT2D eigenvalue weighted by Crippen LogP contribution is -1.98. The minimum absolute atomic E-state index is 0.229. The Morgan fingerprint density at radius 2 is 2.07 bits per heavy atom. The number of nitrogen functional groups attached to an aromatic ring is 1. The van der Waals surface area contributed by atoms with Crippen LogP contribution in [-0.4, -0.2) is 15.0 Å². The quantitative estimate of drug-likeness (QED) is 0.858. The van der Waals surface area contributed by atoms with Crippen LogP contribution in [-0.2, 0) is 0 Å². The van der Waals surface area contributed by atoms with Crippen LogP contribution < -0.4 is 5.73 Å². The van der Waals surface area contributed by atoms with Gasteiger partial charge in [-0.25, -0.2) is 9.97 Å². The first kappa shape index (κ1) is 10.0. The van der Waals surface area contributed by atoms with Gasteiger partial charge in [0.05, 0.1) is 0 Å². The van der Waals surface area contributed by atoms with Crippen LogP contribution in [0.1, 0.15) is 5.56 Å². The van der Waals surface area contributed by atoms with Crippen molar-refractivity contribution in [3.05, 3.63) is 34.6 Å². The van der Waals surface area contributed by atoms with Crippen molar-refractivity contribution in [2.75, 3.05) is 5.73 Å². The average Bonchev–Trinajstić information content (AvgIpc) is 2.17. The fraction of sp³-hybridized carbons (Fsp3) is 0.100. The average molecular weight is 265 g/mol. The van der Waals surface area contributed by atoms with Crippen LogP contribution in [0.3, 0.4) is 0 Å². The van der Waals surface area contributed by atoms with Gasteiger partial charge in [0.1, 0.15) is 6.33 Å². The molecule has 0 aliphatic rings. The second-order valence-electron chi connectivity index (χ2n) is 3.15. The van der Waals surface area contributed by atoms with E-state index in [0.717, 1.165) is 10.0 Å². The molecule has 5 heteroatoms. The Balaban J connectivity index is 2.54. The Kier molecular flexibility index (Phi) is 2.64. The largest absolute Gasteiger partial charge is 0.368 e. The second kappa shape index (κ2) is 3.94. The van der Waals surface area contributed by atoms with E-state index in [2.05, 4.69) is 30.9 Å². The first-order valence-electron chi connectivity index (χ1n) is 4.38. The van der Waals surface area contributed by atoms with Crippen LogP contribution in [0.5, 0.6) is 0 Å². The van der Waals surface area contributed by atoms with Crippen LogP contribution in [0.2, 0.25) is 0 Å². The van der Waals surface area contributed by atoms with Crippen molar-refractivity contribution in [1.29, 1.82) is 0 Å². The molecule has 76 valence electrons. The Labute approximate surface area is 95.7 Å². The Morgan fingerprint density at radius 1 is 1.27 bits per heavy atom. The van der Waals surface area contributed by atoms with E-state index in [1.54, 1.807) is 0 Å². The zero-order valence-electron chi connectivity index (χ0n) is 8.11. The number of anilines is 1. The van der Waals surface area contributed by atoms with E-state index in [9.17, 15) is 0 Å². The maximum Gasteiger partial charge on any atom is 0.223 e. The molecule has 0 amide bonds. The van der Waals surface area contributed by atoms with Crippen molar-refractivity contribution in [3.8, 4) is 11.4 Å². The lowest BCUT2D eigenvalue weighted by atomic mass is 10.1. The highest BCUT2D eigenvalue weighted by atomic mass is 79.9. The molecule has 15 heavy (non-hydrogen) atoms. The van der Waals surface area contributed by atoms with E-state index in [0.29, 0.717) is 5.82 Å². The number of aryl methyl sites for hydroxylation is 1. The summed E-state index contributed by atoms with van der Waals surface area (Å²) in [5, 5.41) is 0. The SMILES string of the molecule is Cc1ccc(-c2ncnc(N)n2)c(Br)c1. The number of halogens is 1. The van der Waals surface area contributed by atoms with E-state index < -0.39 is 0 Å². The third-order valence-electron chi connectivity index (χ3n) is 1.96. The standard InChI is InChI=1S/C10H9BrN4/c1-6-2-3-7(8(11)4-6)9-13-5-14-10(12)15-9/h2-5H,1H3,(H2,12,13,14,15). The van der Waals surface area contributed by atoms with E-state index in [1.165, 1.54) is 11.9 Å². The van der Waals surface area contributed by atoms with Crippen LogP contribution in [0.4, 0.5) is 5.95 Å². The monoisotopic (exact) mass is 264 g/mol. The fourth-order valence-electron chi connectivity index (χ4n) is 1.24. The Bertz CT molecular complexity index is 499. The molecule has 0 radical (unpaired) electrons. The molecule has 1 aromatic heterocycles. The summed E-state index contributed by atoms with van der Waals surface area (Å²) in [5.74, 6) is 0.807. The molecule has 0 fully saturated rings. The topological polar surface area (TPSA) is 64.7 Å². The molecule has 1 aromatic carbocycles. The first-order chi connectivity index (χ1) is 7.16. The van der Waals surface area contributed by atoms with Gasteiger partial charge in [-0.05, 0) is 24.6 Å². The molecular weight excluding hydrogens is 256 g/mol. The van der Waals surface area contributed by atoms with Crippen LogP contribution >= 0.6 is 15.9 Å². The molecule has 2 rings (SSSR count). The molecule has 0 saturated heterocycles. The van der Waals surface area contributed by atoms with Gasteiger partial charge < -0.3 is 5.73 Å². The van der Waals surface area contributed by atoms with E-state index in [4.69, 9.17) is 5.73 Å². The molecule has 0 atom stereocenters. The number of hydrogen-bond acceptors (Lipinski definition) is 4. The summed E-state index contributed by atoms with van der Waals surface area (Å²) in [4.78, 5) is 11.9. The van der Waals surface area contributed by atoms with Gasteiger partial charge in [0.15, 0.2) is 5.82 Å². The molecule has 2 aromatic rings. The molecule has 2 N–H and O–H groups in total. The Hall–Kier alpha value is -1.49. The minimum atomic E-state index is 0.229. The maximum atomic E-state index is 5.50. The molecule has 0 saturated carbocycles. The van der Waals surface area contributed by atoms with Crippen molar-refractivity contribution in [1.82, 2.24) is 15.0 Å². The maximum absolute atomic E-state index is 5.50. The number of benzene rings is 1. The highest BCUT2D eigenvalue weighted by Crippen LogP contribution is 2.26. The predicted molar refractivity (Wildman–Crippen MR) is 62.1 cm³/mol. The number of nitrogens with two attached hydrogens (primary N) is 1. The first-order valence-corrected chi connectivity index (χ1v) is 5.17. The molecule has 4 nitrogen and oxygen atoms in total. The predicted octanol–water partition coefficient (Wildman–Crippen LogP) is 2.19. The van der Waals surface area contributed by atoms with Crippen LogP contribution in [0.25, 0.3) is 11.4 Å². The molecule has 0 unspecified atom stereocenters. The van der Waals surface area contributed by atoms with Gasteiger partial charge in [-0.2, -0.15) is 4.98 Å². The minimum Gasteiger partial charge on any atom is -0.368 e. The highest BCUT2D eigenvalue weighted by Gasteiger charge is 2.06. The van der Waals surface area contributed by atoms with Crippen LogP contribution in [0.15, 0.2) is 29.0 Å². The zero-order chi connectivity index (χ0) is 10.8. The number of hydrogen-bond donors (Lipinski definition) is 1. The lowest BCUT2D eigenvalue weighted by molar-refractivity contribution is 1.07. The molecule has 0 aliphatic carbocycles. The van der Waals surface area contributed by atoms with Gasteiger partial charge in [0.2, 0.25) is 5.95 Å². The van der Waals surface area contributed by atoms with Gasteiger partial charge in [0, 0.05) is 10.0 Å². The normalized spacial score (nSPS) is 10.3. The highest BCUT2D eigenvalue weighted by molar-refractivity contribution is 9.10. The lowest BCUT2D eigenvalue weighted by Gasteiger charge is -2.03. The summed E-state index contributed by atoms with van der Waals surface area (Å²) < 4.78 is 0.952.